The number of amides is 1. The van der Waals surface area contributed by atoms with Crippen molar-refractivity contribution >= 4 is 22.6 Å². The molecule has 0 fully saturated rings. The minimum atomic E-state index is -0.426. The molecular weight excluding hydrogens is 214 g/mol. The van der Waals surface area contributed by atoms with E-state index in [1.54, 1.807) is 12.4 Å². The summed E-state index contributed by atoms with van der Waals surface area (Å²) in [5, 5.41) is 2.88. The van der Waals surface area contributed by atoms with E-state index in [1.165, 1.54) is 0 Å². The molecule has 1 aromatic carbocycles. The number of para-hydroxylation sites is 1. The molecule has 1 amide bonds. The molecule has 2 aromatic rings. The molecule has 1 heterocycles. The van der Waals surface area contributed by atoms with Crippen LogP contribution in [0.5, 0.6) is 0 Å². The number of anilines is 1. The van der Waals surface area contributed by atoms with Crippen molar-refractivity contribution in [3.05, 3.63) is 30.6 Å². The standard InChI is InChI=1S/C13H15N3O/c1-13(2,3)12(17)16-10-6-4-5-9-11(10)15-8-7-14-9/h4-8H,1-3H3,(H,16,17). The van der Waals surface area contributed by atoms with Crippen molar-refractivity contribution in [2.24, 2.45) is 5.41 Å². The SMILES string of the molecule is CC(C)(C)C(=O)Nc1cccc2nccnc12. The average Bonchev–Trinajstić information content (AvgIpc) is 2.28. The molecular formula is C13H15N3O. The van der Waals surface area contributed by atoms with Gasteiger partial charge < -0.3 is 5.32 Å². The number of carbonyl (C=O) groups is 1. The Balaban J connectivity index is 2.40. The van der Waals surface area contributed by atoms with Gasteiger partial charge in [0.05, 0.1) is 11.2 Å². The molecule has 2 rings (SSSR count). The van der Waals surface area contributed by atoms with Crippen molar-refractivity contribution in [1.82, 2.24) is 9.97 Å². The predicted octanol–water partition coefficient (Wildman–Crippen LogP) is 2.61. The van der Waals surface area contributed by atoms with Crippen LogP contribution in [0.25, 0.3) is 11.0 Å². The third-order valence-electron chi connectivity index (χ3n) is 2.43. The zero-order valence-corrected chi connectivity index (χ0v) is 10.2. The zero-order chi connectivity index (χ0) is 12.5. The Hall–Kier alpha value is -1.97. The first-order valence-corrected chi connectivity index (χ1v) is 5.50. The lowest BCUT2D eigenvalue weighted by Gasteiger charge is -2.18. The van der Waals surface area contributed by atoms with Crippen LogP contribution in [-0.2, 0) is 4.79 Å². The van der Waals surface area contributed by atoms with E-state index in [0.717, 1.165) is 5.52 Å². The van der Waals surface area contributed by atoms with Crippen molar-refractivity contribution in [2.45, 2.75) is 20.8 Å². The molecule has 0 saturated heterocycles. The smallest absolute Gasteiger partial charge is 0.229 e. The van der Waals surface area contributed by atoms with Crippen molar-refractivity contribution in [3.8, 4) is 0 Å². The first kappa shape index (κ1) is 11.5. The summed E-state index contributed by atoms with van der Waals surface area (Å²) in [6, 6.07) is 5.56. The summed E-state index contributed by atoms with van der Waals surface area (Å²) < 4.78 is 0. The van der Waals surface area contributed by atoms with Gasteiger partial charge in [0.2, 0.25) is 5.91 Å². The van der Waals surface area contributed by atoms with Crippen LogP contribution in [0.15, 0.2) is 30.6 Å². The maximum absolute atomic E-state index is 11.9. The van der Waals surface area contributed by atoms with Gasteiger partial charge in [-0.2, -0.15) is 0 Å². The molecule has 0 saturated carbocycles. The van der Waals surface area contributed by atoms with Crippen LogP contribution in [0.2, 0.25) is 0 Å². The Kier molecular flexibility index (Phi) is 2.79. The number of nitrogens with one attached hydrogen (secondary N) is 1. The average molecular weight is 229 g/mol. The van der Waals surface area contributed by atoms with Gasteiger partial charge in [0, 0.05) is 17.8 Å². The van der Waals surface area contributed by atoms with Gasteiger partial charge in [0.15, 0.2) is 0 Å². The quantitative estimate of drug-likeness (QED) is 0.817. The molecule has 0 unspecified atom stereocenters. The fraction of sp³-hybridized carbons (Fsp3) is 0.308. The summed E-state index contributed by atoms with van der Waals surface area (Å²) in [6.07, 6.45) is 3.26. The molecule has 17 heavy (non-hydrogen) atoms. The van der Waals surface area contributed by atoms with Crippen LogP contribution in [0.1, 0.15) is 20.8 Å². The molecule has 4 nitrogen and oxygen atoms in total. The lowest BCUT2D eigenvalue weighted by molar-refractivity contribution is -0.123. The van der Waals surface area contributed by atoms with Crippen molar-refractivity contribution in [1.29, 1.82) is 0 Å². The highest BCUT2D eigenvalue weighted by Crippen LogP contribution is 2.22. The molecule has 4 heteroatoms. The van der Waals surface area contributed by atoms with Gasteiger partial charge in [-0.15, -0.1) is 0 Å². The van der Waals surface area contributed by atoms with Crippen molar-refractivity contribution in [2.75, 3.05) is 5.32 Å². The highest BCUT2D eigenvalue weighted by Gasteiger charge is 2.21. The Morgan fingerprint density at radius 3 is 2.59 bits per heavy atom. The Bertz CT molecular complexity index is 553. The van der Waals surface area contributed by atoms with Crippen LogP contribution in [0.3, 0.4) is 0 Å². The van der Waals surface area contributed by atoms with Gasteiger partial charge in [0.1, 0.15) is 5.52 Å². The topological polar surface area (TPSA) is 54.9 Å². The monoisotopic (exact) mass is 229 g/mol. The third kappa shape index (κ3) is 2.41. The van der Waals surface area contributed by atoms with Crippen LogP contribution in [-0.4, -0.2) is 15.9 Å². The summed E-state index contributed by atoms with van der Waals surface area (Å²) in [5.74, 6) is -0.0318. The van der Waals surface area contributed by atoms with Gasteiger partial charge >= 0.3 is 0 Å². The summed E-state index contributed by atoms with van der Waals surface area (Å²) in [4.78, 5) is 20.4. The number of aromatic nitrogens is 2. The second-order valence-corrected chi connectivity index (χ2v) is 4.93. The Morgan fingerprint density at radius 1 is 1.18 bits per heavy atom. The van der Waals surface area contributed by atoms with Crippen LogP contribution in [0, 0.1) is 5.41 Å². The number of nitrogens with zero attached hydrogens (tertiary/aromatic N) is 2. The second-order valence-electron chi connectivity index (χ2n) is 4.93. The number of carbonyl (C=O) groups excluding carboxylic acids is 1. The number of hydrogen-bond donors (Lipinski definition) is 1. The first-order valence-electron chi connectivity index (χ1n) is 5.50. The fourth-order valence-electron chi connectivity index (χ4n) is 1.40. The summed E-state index contributed by atoms with van der Waals surface area (Å²) in [5.41, 5.74) is 1.77. The van der Waals surface area contributed by atoms with E-state index in [4.69, 9.17) is 0 Å². The molecule has 0 spiro atoms. The number of hydrogen-bond acceptors (Lipinski definition) is 3. The van der Waals surface area contributed by atoms with Crippen LogP contribution >= 0.6 is 0 Å². The molecule has 1 N–H and O–H groups in total. The summed E-state index contributed by atoms with van der Waals surface area (Å²) >= 11 is 0. The Labute approximate surface area is 100 Å². The number of fused-ring (bicyclic) bond motifs is 1. The maximum atomic E-state index is 11.9. The molecule has 0 aliphatic carbocycles. The van der Waals surface area contributed by atoms with E-state index < -0.39 is 5.41 Å². The molecule has 0 bridgehead atoms. The minimum absolute atomic E-state index is 0.0318. The Morgan fingerprint density at radius 2 is 1.88 bits per heavy atom. The largest absolute Gasteiger partial charge is 0.324 e. The highest BCUT2D eigenvalue weighted by molar-refractivity contribution is 6.01. The van der Waals surface area contributed by atoms with E-state index >= 15 is 0 Å². The molecule has 88 valence electrons. The van der Waals surface area contributed by atoms with E-state index in [2.05, 4.69) is 15.3 Å². The van der Waals surface area contributed by atoms with Crippen LogP contribution in [0.4, 0.5) is 5.69 Å². The highest BCUT2D eigenvalue weighted by atomic mass is 16.2. The third-order valence-corrected chi connectivity index (χ3v) is 2.43. The van der Waals surface area contributed by atoms with Gasteiger partial charge in [-0.1, -0.05) is 26.8 Å². The van der Waals surface area contributed by atoms with E-state index in [-0.39, 0.29) is 5.91 Å². The first-order chi connectivity index (χ1) is 7.98. The lowest BCUT2D eigenvalue weighted by atomic mass is 9.95. The molecule has 0 aliphatic rings. The van der Waals surface area contributed by atoms with E-state index in [0.29, 0.717) is 11.2 Å². The lowest BCUT2D eigenvalue weighted by Crippen LogP contribution is -2.27. The summed E-state index contributed by atoms with van der Waals surface area (Å²) in [6.45, 7) is 5.62. The van der Waals surface area contributed by atoms with Crippen molar-refractivity contribution < 1.29 is 4.79 Å². The number of rotatable bonds is 1. The van der Waals surface area contributed by atoms with Gasteiger partial charge in [0.25, 0.3) is 0 Å². The maximum Gasteiger partial charge on any atom is 0.229 e. The van der Waals surface area contributed by atoms with Gasteiger partial charge in [-0.3, -0.25) is 14.8 Å². The molecule has 0 radical (unpaired) electrons. The summed E-state index contributed by atoms with van der Waals surface area (Å²) in [7, 11) is 0. The predicted molar refractivity (Wildman–Crippen MR) is 67.6 cm³/mol. The van der Waals surface area contributed by atoms with E-state index in [9.17, 15) is 4.79 Å². The second kappa shape index (κ2) is 4.13. The van der Waals surface area contributed by atoms with Crippen molar-refractivity contribution in [3.63, 3.8) is 0 Å². The number of benzene rings is 1. The van der Waals surface area contributed by atoms with Crippen LogP contribution < -0.4 is 5.32 Å². The molecule has 0 atom stereocenters. The van der Waals surface area contributed by atoms with Gasteiger partial charge in [-0.25, -0.2) is 0 Å². The van der Waals surface area contributed by atoms with Gasteiger partial charge in [-0.05, 0) is 12.1 Å². The molecule has 0 aliphatic heterocycles. The minimum Gasteiger partial charge on any atom is -0.324 e. The fourth-order valence-corrected chi connectivity index (χ4v) is 1.40. The zero-order valence-electron chi connectivity index (χ0n) is 10.2. The van der Waals surface area contributed by atoms with E-state index in [1.807, 2.05) is 39.0 Å². The normalized spacial score (nSPS) is 11.5. The molecule has 1 aromatic heterocycles.